The number of nitrogens with one attached hydrogen (secondary N) is 1. The number of hydrogen-bond acceptors (Lipinski definition) is 3. The smallest absolute Gasteiger partial charge is 0.251 e. The van der Waals surface area contributed by atoms with Gasteiger partial charge in [0.1, 0.15) is 5.69 Å². The van der Waals surface area contributed by atoms with E-state index in [-0.39, 0.29) is 5.91 Å². The summed E-state index contributed by atoms with van der Waals surface area (Å²) in [6.07, 6.45) is 6.73. The van der Waals surface area contributed by atoms with Crippen molar-refractivity contribution in [1.29, 1.82) is 0 Å². The van der Waals surface area contributed by atoms with Gasteiger partial charge in [0.15, 0.2) is 0 Å². The van der Waals surface area contributed by atoms with Crippen LogP contribution in [0.5, 0.6) is 0 Å². The number of benzene rings is 1. The van der Waals surface area contributed by atoms with Crippen molar-refractivity contribution in [2.45, 2.75) is 45.7 Å². The first kappa shape index (κ1) is 15.2. The van der Waals surface area contributed by atoms with Gasteiger partial charge in [0, 0.05) is 12.1 Å². The van der Waals surface area contributed by atoms with Crippen molar-refractivity contribution in [3.63, 3.8) is 0 Å². The van der Waals surface area contributed by atoms with Crippen LogP contribution in [-0.2, 0) is 13.1 Å². The van der Waals surface area contributed by atoms with E-state index in [1.54, 1.807) is 12.1 Å². The molecule has 1 N–H and O–H groups in total. The molecule has 0 unspecified atom stereocenters. The van der Waals surface area contributed by atoms with E-state index in [2.05, 4.69) is 22.6 Å². The summed E-state index contributed by atoms with van der Waals surface area (Å²) in [5.74, 6) is -0.0897. The van der Waals surface area contributed by atoms with Crippen LogP contribution in [0.25, 0.3) is 0 Å². The molecule has 112 valence electrons. The number of carbonyl (C=O) groups is 1. The maximum absolute atomic E-state index is 11.9. The molecule has 2 rings (SSSR count). The first-order valence-electron chi connectivity index (χ1n) is 7.52. The van der Waals surface area contributed by atoms with Crippen molar-refractivity contribution in [3.05, 3.63) is 47.8 Å². The lowest BCUT2D eigenvalue weighted by molar-refractivity contribution is 0.0950. The molecule has 0 aliphatic carbocycles. The third kappa shape index (κ3) is 5.02. The number of aryl methyl sites for hydroxylation is 1. The Kier molecular flexibility index (Phi) is 5.94. The lowest BCUT2D eigenvalue weighted by atomic mass is 10.2. The van der Waals surface area contributed by atoms with Crippen molar-refractivity contribution in [1.82, 2.24) is 20.3 Å². The van der Waals surface area contributed by atoms with Gasteiger partial charge in [0.25, 0.3) is 5.91 Å². The molecule has 0 saturated carbocycles. The quantitative estimate of drug-likeness (QED) is 0.759. The SMILES string of the molecule is CCCCCCn1cc(CNC(=O)c2ccccc2)nn1. The maximum atomic E-state index is 11.9. The summed E-state index contributed by atoms with van der Waals surface area (Å²) in [5.41, 5.74) is 1.44. The van der Waals surface area contributed by atoms with E-state index in [4.69, 9.17) is 0 Å². The highest BCUT2D eigenvalue weighted by Crippen LogP contribution is 2.02. The Hall–Kier alpha value is -2.17. The van der Waals surface area contributed by atoms with Gasteiger partial charge in [-0.15, -0.1) is 5.10 Å². The second kappa shape index (κ2) is 8.19. The highest BCUT2D eigenvalue weighted by Gasteiger charge is 2.06. The van der Waals surface area contributed by atoms with Crippen molar-refractivity contribution >= 4 is 5.91 Å². The van der Waals surface area contributed by atoms with Gasteiger partial charge in [-0.1, -0.05) is 49.6 Å². The molecule has 0 saturated heterocycles. The third-order valence-electron chi connectivity index (χ3n) is 3.29. The topological polar surface area (TPSA) is 59.8 Å². The van der Waals surface area contributed by atoms with Gasteiger partial charge in [-0.2, -0.15) is 0 Å². The molecule has 1 aromatic heterocycles. The first-order valence-corrected chi connectivity index (χ1v) is 7.52. The lowest BCUT2D eigenvalue weighted by Crippen LogP contribution is -2.22. The van der Waals surface area contributed by atoms with E-state index in [0.29, 0.717) is 12.1 Å². The predicted octanol–water partition coefficient (Wildman–Crippen LogP) is 2.79. The van der Waals surface area contributed by atoms with E-state index in [9.17, 15) is 4.79 Å². The predicted molar refractivity (Wildman–Crippen MR) is 81.8 cm³/mol. The lowest BCUT2D eigenvalue weighted by Gasteiger charge is -2.02. The molecule has 2 aromatic rings. The molecule has 0 fully saturated rings. The fourth-order valence-electron chi connectivity index (χ4n) is 2.09. The summed E-state index contributed by atoms with van der Waals surface area (Å²) in [6.45, 7) is 3.49. The van der Waals surface area contributed by atoms with E-state index in [1.807, 2.05) is 29.1 Å². The summed E-state index contributed by atoms with van der Waals surface area (Å²) >= 11 is 0. The Morgan fingerprint density at radius 2 is 2.00 bits per heavy atom. The second-order valence-corrected chi connectivity index (χ2v) is 5.08. The Bertz CT molecular complexity index is 550. The first-order chi connectivity index (χ1) is 10.3. The number of rotatable bonds is 8. The Labute approximate surface area is 125 Å². The summed E-state index contributed by atoms with van der Waals surface area (Å²) in [7, 11) is 0. The number of hydrogen-bond donors (Lipinski definition) is 1. The third-order valence-corrected chi connectivity index (χ3v) is 3.29. The molecule has 0 aliphatic rings. The summed E-state index contributed by atoms with van der Waals surface area (Å²) < 4.78 is 1.85. The molecule has 1 heterocycles. The summed E-state index contributed by atoms with van der Waals surface area (Å²) in [6, 6.07) is 9.17. The molecule has 5 heteroatoms. The van der Waals surface area contributed by atoms with Gasteiger partial charge in [0.05, 0.1) is 12.7 Å². The molecular formula is C16H22N4O. The standard InChI is InChI=1S/C16H22N4O/c1-2-3-4-8-11-20-13-15(18-19-20)12-17-16(21)14-9-6-5-7-10-14/h5-7,9-10,13H,2-4,8,11-12H2,1H3,(H,17,21). The number of unbranched alkanes of at least 4 members (excludes halogenated alkanes) is 3. The molecule has 1 amide bonds. The fourth-order valence-corrected chi connectivity index (χ4v) is 2.09. The molecule has 0 spiro atoms. The van der Waals surface area contributed by atoms with Crippen LogP contribution in [0, 0.1) is 0 Å². The van der Waals surface area contributed by atoms with Crippen molar-refractivity contribution in [2.24, 2.45) is 0 Å². The minimum Gasteiger partial charge on any atom is -0.346 e. The van der Waals surface area contributed by atoms with Crippen LogP contribution in [0.15, 0.2) is 36.5 Å². The molecule has 0 atom stereocenters. The van der Waals surface area contributed by atoms with Crippen LogP contribution in [-0.4, -0.2) is 20.9 Å². The molecule has 0 radical (unpaired) electrons. The van der Waals surface area contributed by atoms with Gasteiger partial charge >= 0.3 is 0 Å². The zero-order chi connectivity index (χ0) is 14.9. The normalized spacial score (nSPS) is 10.5. The average molecular weight is 286 g/mol. The van der Waals surface area contributed by atoms with E-state index < -0.39 is 0 Å². The van der Waals surface area contributed by atoms with Crippen LogP contribution < -0.4 is 5.32 Å². The minimum atomic E-state index is -0.0897. The van der Waals surface area contributed by atoms with Gasteiger partial charge in [0.2, 0.25) is 0 Å². The summed E-state index contributed by atoms with van der Waals surface area (Å²) in [4.78, 5) is 11.9. The van der Waals surface area contributed by atoms with Crippen LogP contribution >= 0.6 is 0 Å². The van der Waals surface area contributed by atoms with Crippen LogP contribution in [0.2, 0.25) is 0 Å². The monoisotopic (exact) mass is 286 g/mol. The van der Waals surface area contributed by atoms with Crippen LogP contribution in [0.4, 0.5) is 0 Å². The Morgan fingerprint density at radius 1 is 1.19 bits per heavy atom. The molecule has 0 aliphatic heterocycles. The molecule has 5 nitrogen and oxygen atoms in total. The van der Waals surface area contributed by atoms with Gasteiger partial charge in [-0.05, 0) is 18.6 Å². The van der Waals surface area contributed by atoms with Crippen molar-refractivity contribution < 1.29 is 4.79 Å². The highest BCUT2D eigenvalue weighted by atomic mass is 16.1. The molecule has 1 aromatic carbocycles. The molecule has 0 bridgehead atoms. The van der Waals surface area contributed by atoms with Crippen molar-refractivity contribution in [3.8, 4) is 0 Å². The second-order valence-electron chi connectivity index (χ2n) is 5.08. The van der Waals surface area contributed by atoms with Crippen LogP contribution in [0.1, 0.15) is 48.7 Å². The minimum absolute atomic E-state index is 0.0897. The Morgan fingerprint density at radius 3 is 2.76 bits per heavy atom. The van der Waals surface area contributed by atoms with E-state index >= 15 is 0 Å². The zero-order valence-corrected chi connectivity index (χ0v) is 12.5. The molecule has 21 heavy (non-hydrogen) atoms. The number of amides is 1. The highest BCUT2D eigenvalue weighted by molar-refractivity contribution is 5.93. The zero-order valence-electron chi connectivity index (χ0n) is 12.5. The van der Waals surface area contributed by atoms with E-state index in [1.165, 1.54) is 19.3 Å². The van der Waals surface area contributed by atoms with Crippen molar-refractivity contribution in [2.75, 3.05) is 0 Å². The largest absolute Gasteiger partial charge is 0.346 e. The fraction of sp³-hybridized carbons (Fsp3) is 0.438. The number of nitrogens with zero attached hydrogens (tertiary/aromatic N) is 3. The Balaban J connectivity index is 1.76. The van der Waals surface area contributed by atoms with Gasteiger partial charge in [-0.25, -0.2) is 0 Å². The molecular weight excluding hydrogens is 264 g/mol. The van der Waals surface area contributed by atoms with Gasteiger partial charge < -0.3 is 5.32 Å². The maximum Gasteiger partial charge on any atom is 0.251 e. The summed E-state index contributed by atoms with van der Waals surface area (Å²) in [5, 5.41) is 11.0. The van der Waals surface area contributed by atoms with E-state index in [0.717, 1.165) is 18.7 Å². The number of carbonyl (C=O) groups excluding carboxylic acids is 1. The average Bonchev–Trinajstić information content (AvgIpc) is 2.98. The van der Waals surface area contributed by atoms with Crippen LogP contribution in [0.3, 0.4) is 0 Å². The number of aromatic nitrogens is 3. The van der Waals surface area contributed by atoms with Gasteiger partial charge in [-0.3, -0.25) is 9.48 Å².